The van der Waals surface area contributed by atoms with Gasteiger partial charge >= 0.3 is 0 Å². The molecule has 1 unspecified atom stereocenters. The second kappa shape index (κ2) is 4.04. The molecule has 4 nitrogen and oxygen atoms in total. The third-order valence-corrected chi connectivity index (χ3v) is 2.91. The van der Waals surface area contributed by atoms with Gasteiger partial charge in [0.2, 0.25) is 0 Å². The fraction of sp³-hybridized carbons (Fsp3) is 0.417. The second-order valence-electron chi connectivity index (χ2n) is 4.09. The molecule has 0 fully saturated rings. The van der Waals surface area contributed by atoms with Crippen molar-refractivity contribution in [3.8, 4) is 0 Å². The van der Waals surface area contributed by atoms with Crippen LogP contribution < -0.4 is 5.32 Å². The van der Waals surface area contributed by atoms with Crippen LogP contribution in [0.5, 0.6) is 0 Å². The zero-order valence-electron chi connectivity index (χ0n) is 10.1. The molecule has 2 rings (SSSR count). The van der Waals surface area contributed by atoms with Gasteiger partial charge in [-0.2, -0.15) is 5.10 Å². The molecule has 1 N–H and O–H groups in total. The van der Waals surface area contributed by atoms with Crippen molar-refractivity contribution >= 4 is 5.69 Å². The maximum atomic E-state index is 5.08. The minimum absolute atomic E-state index is 0.223. The summed E-state index contributed by atoms with van der Waals surface area (Å²) >= 11 is 0. The van der Waals surface area contributed by atoms with Crippen molar-refractivity contribution in [2.24, 2.45) is 7.05 Å². The van der Waals surface area contributed by atoms with Gasteiger partial charge in [-0.25, -0.2) is 0 Å². The summed E-state index contributed by atoms with van der Waals surface area (Å²) in [6.45, 7) is 6.18. The van der Waals surface area contributed by atoms with Gasteiger partial charge in [0.05, 0.1) is 35.6 Å². The van der Waals surface area contributed by atoms with E-state index < -0.39 is 0 Å². The Bertz CT molecular complexity index is 471. The topological polar surface area (TPSA) is 43.0 Å². The number of aryl methyl sites for hydroxylation is 2. The minimum atomic E-state index is 0.223. The molecule has 0 aliphatic carbocycles. The monoisotopic (exact) mass is 219 g/mol. The molecular weight excluding hydrogens is 202 g/mol. The minimum Gasteiger partial charge on any atom is -0.472 e. The number of aromatic nitrogens is 2. The highest BCUT2D eigenvalue weighted by Gasteiger charge is 2.13. The predicted octanol–water partition coefficient (Wildman–Crippen LogP) is 2.80. The molecule has 0 spiro atoms. The van der Waals surface area contributed by atoms with Crippen LogP contribution in [0.15, 0.2) is 23.0 Å². The fourth-order valence-electron chi connectivity index (χ4n) is 1.80. The van der Waals surface area contributed by atoms with Gasteiger partial charge in [-0.1, -0.05) is 0 Å². The fourth-order valence-corrected chi connectivity index (χ4v) is 1.80. The SMILES string of the molecule is Cc1nn(C)c(C)c1NC(C)c1ccoc1. The number of hydrogen-bond donors (Lipinski definition) is 1. The molecule has 0 saturated carbocycles. The van der Waals surface area contributed by atoms with Crippen LogP contribution in [0, 0.1) is 13.8 Å². The Morgan fingerprint density at radius 3 is 2.69 bits per heavy atom. The van der Waals surface area contributed by atoms with Gasteiger partial charge in [-0.15, -0.1) is 0 Å². The highest BCUT2D eigenvalue weighted by atomic mass is 16.3. The number of nitrogens with zero attached hydrogens (tertiary/aromatic N) is 2. The molecule has 1 atom stereocenters. The largest absolute Gasteiger partial charge is 0.472 e. The quantitative estimate of drug-likeness (QED) is 0.863. The maximum Gasteiger partial charge on any atom is 0.0955 e. The molecule has 86 valence electrons. The van der Waals surface area contributed by atoms with Crippen molar-refractivity contribution in [3.05, 3.63) is 35.5 Å². The standard InChI is InChI=1S/C12H17N3O/c1-8(11-5-6-16-7-11)13-12-9(2)14-15(4)10(12)3/h5-8,13H,1-4H3. The summed E-state index contributed by atoms with van der Waals surface area (Å²) in [7, 11) is 1.95. The molecule has 2 aromatic rings. The van der Waals surface area contributed by atoms with Crippen LogP contribution in [0.4, 0.5) is 5.69 Å². The molecule has 2 aromatic heterocycles. The number of hydrogen-bond acceptors (Lipinski definition) is 3. The Balaban J connectivity index is 2.21. The van der Waals surface area contributed by atoms with Crippen LogP contribution in [-0.2, 0) is 7.05 Å². The van der Waals surface area contributed by atoms with Crippen molar-refractivity contribution in [1.82, 2.24) is 9.78 Å². The average molecular weight is 219 g/mol. The van der Waals surface area contributed by atoms with E-state index in [2.05, 4.69) is 24.3 Å². The molecule has 0 aliphatic rings. The lowest BCUT2D eigenvalue weighted by molar-refractivity contribution is 0.562. The van der Waals surface area contributed by atoms with E-state index in [4.69, 9.17) is 4.42 Å². The zero-order chi connectivity index (χ0) is 11.7. The number of rotatable bonds is 3. The van der Waals surface area contributed by atoms with Crippen LogP contribution >= 0.6 is 0 Å². The number of anilines is 1. The lowest BCUT2D eigenvalue weighted by Crippen LogP contribution is -2.07. The van der Waals surface area contributed by atoms with E-state index >= 15 is 0 Å². The first-order valence-electron chi connectivity index (χ1n) is 5.38. The first-order valence-corrected chi connectivity index (χ1v) is 5.38. The molecule has 0 bridgehead atoms. The molecule has 0 aliphatic heterocycles. The van der Waals surface area contributed by atoms with Gasteiger partial charge in [0.15, 0.2) is 0 Å². The van der Waals surface area contributed by atoms with E-state index in [1.165, 1.54) is 0 Å². The molecule has 2 heterocycles. The first-order chi connectivity index (χ1) is 7.59. The van der Waals surface area contributed by atoms with Gasteiger partial charge in [-0.3, -0.25) is 4.68 Å². The highest BCUT2D eigenvalue weighted by Crippen LogP contribution is 2.24. The van der Waals surface area contributed by atoms with Crippen LogP contribution in [0.25, 0.3) is 0 Å². The third kappa shape index (κ3) is 1.83. The summed E-state index contributed by atoms with van der Waals surface area (Å²) in [5.41, 5.74) is 4.42. The Kier molecular flexibility index (Phi) is 2.73. The molecule has 4 heteroatoms. The second-order valence-corrected chi connectivity index (χ2v) is 4.09. The smallest absolute Gasteiger partial charge is 0.0955 e. The van der Waals surface area contributed by atoms with Crippen molar-refractivity contribution in [2.75, 3.05) is 5.32 Å². The van der Waals surface area contributed by atoms with Crippen LogP contribution in [0.1, 0.15) is 29.9 Å². The number of furan rings is 1. The molecule has 16 heavy (non-hydrogen) atoms. The van der Waals surface area contributed by atoms with E-state index in [1.807, 2.05) is 24.7 Å². The van der Waals surface area contributed by atoms with E-state index in [0.29, 0.717) is 0 Å². The van der Waals surface area contributed by atoms with Gasteiger partial charge < -0.3 is 9.73 Å². The summed E-state index contributed by atoms with van der Waals surface area (Å²) < 4.78 is 6.97. The average Bonchev–Trinajstić information content (AvgIpc) is 2.83. The summed E-state index contributed by atoms with van der Waals surface area (Å²) in [5, 5.41) is 7.83. The summed E-state index contributed by atoms with van der Waals surface area (Å²) in [5.74, 6) is 0. The van der Waals surface area contributed by atoms with Gasteiger partial charge in [-0.05, 0) is 26.8 Å². The molecule has 0 radical (unpaired) electrons. The van der Waals surface area contributed by atoms with Crippen LogP contribution in [0.3, 0.4) is 0 Å². The molecular formula is C12H17N3O. The third-order valence-electron chi connectivity index (χ3n) is 2.91. The molecule has 0 aromatic carbocycles. The van der Waals surface area contributed by atoms with Crippen molar-refractivity contribution in [1.29, 1.82) is 0 Å². The number of nitrogens with one attached hydrogen (secondary N) is 1. The van der Waals surface area contributed by atoms with E-state index in [-0.39, 0.29) is 6.04 Å². The van der Waals surface area contributed by atoms with Crippen molar-refractivity contribution < 1.29 is 4.42 Å². The van der Waals surface area contributed by atoms with Crippen LogP contribution in [-0.4, -0.2) is 9.78 Å². The van der Waals surface area contributed by atoms with Gasteiger partial charge in [0.25, 0.3) is 0 Å². The first kappa shape index (κ1) is 10.8. The predicted molar refractivity (Wildman–Crippen MR) is 63.4 cm³/mol. The molecule has 0 amide bonds. The lowest BCUT2D eigenvalue weighted by atomic mass is 10.1. The van der Waals surface area contributed by atoms with Crippen molar-refractivity contribution in [2.45, 2.75) is 26.8 Å². The van der Waals surface area contributed by atoms with Crippen LogP contribution in [0.2, 0.25) is 0 Å². The Labute approximate surface area is 95.3 Å². The lowest BCUT2D eigenvalue weighted by Gasteiger charge is -2.13. The van der Waals surface area contributed by atoms with E-state index in [9.17, 15) is 0 Å². The van der Waals surface area contributed by atoms with Gasteiger partial charge in [0, 0.05) is 12.6 Å². The molecule has 0 saturated heterocycles. The Hall–Kier alpha value is -1.71. The van der Waals surface area contributed by atoms with Gasteiger partial charge in [0.1, 0.15) is 0 Å². The summed E-state index contributed by atoms with van der Waals surface area (Å²) in [4.78, 5) is 0. The maximum absolute atomic E-state index is 5.08. The highest BCUT2D eigenvalue weighted by molar-refractivity contribution is 5.53. The summed E-state index contributed by atoms with van der Waals surface area (Å²) in [6, 6.07) is 2.19. The Morgan fingerprint density at radius 2 is 2.19 bits per heavy atom. The van der Waals surface area contributed by atoms with E-state index in [1.54, 1.807) is 12.5 Å². The summed E-state index contributed by atoms with van der Waals surface area (Å²) in [6.07, 6.45) is 3.45. The zero-order valence-corrected chi connectivity index (χ0v) is 10.1. The van der Waals surface area contributed by atoms with Crippen molar-refractivity contribution in [3.63, 3.8) is 0 Å². The van der Waals surface area contributed by atoms with E-state index in [0.717, 1.165) is 22.6 Å². The Morgan fingerprint density at radius 1 is 1.44 bits per heavy atom. The normalized spacial score (nSPS) is 12.8.